The summed E-state index contributed by atoms with van der Waals surface area (Å²) in [5.74, 6) is 1.98. The smallest absolute Gasteiger partial charge is 0.266 e. The number of nitrogens with zero attached hydrogens (tertiary/aromatic N) is 6. The number of methoxy groups -OCH3 is 1. The van der Waals surface area contributed by atoms with E-state index in [0.717, 1.165) is 16.8 Å². The van der Waals surface area contributed by atoms with E-state index in [2.05, 4.69) is 25.8 Å². The van der Waals surface area contributed by atoms with Gasteiger partial charge in [0.05, 0.1) is 31.6 Å². The van der Waals surface area contributed by atoms with E-state index in [4.69, 9.17) is 28.7 Å². The zero-order chi connectivity index (χ0) is 28.4. The Kier molecular flexibility index (Phi) is 7.49. The molecule has 0 spiro atoms. The van der Waals surface area contributed by atoms with Gasteiger partial charge < -0.3 is 39.4 Å². The molecule has 0 aliphatic carbocycles. The summed E-state index contributed by atoms with van der Waals surface area (Å²) in [6, 6.07) is 12.9. The predicted molar refractivity (Wildman–Crippen MR) is 150 cm³/mol. The molecule has 1 fully saturated rings. The summed E-state index contributed by atoms with van der Waals surface area (Å²) in [5.41, 5.74) is 2.42. The molecule has 2 aliphatic heterocycles. The average Bonchev–Trinajstić information content (AvgIpc) is 3.59. The number of aromatic nitrogens is 5. The lowest BCUT2D eigenvalue weighted by molar-refractivity contribution is -0.175. The number of ether oxygens (including phenoxy) is 3. The van der Waals surface area contributed by atoms with Crippen molar-refractivity contribution in [3.8, 4) is 11.5 Å². The number of aliphatic hydroxyl groups excluding tert-OH is 1. The van der Waals surface area contributed by atoms with E-state index in [1.807, 2.05) is 61.2 Å². The van der Waals surface area contributed by atoms with Crippen LogP contribution in [0.3, 0.4) is 0 Å². The van der Waals surface area contributed by atoms with Crippen molar-refractivity contribution >= 4 is 23.5 Å². The second-order valence-electron chi connectivity index (χ2n) is 10.2. The van der Waals surface area contributed by atoms with E-state index in [1.165, 1.54) is 0 Å². The highest BCUT2D eigenvalue weighted by molar-refractivity contribution is 5.71. The fourth-order valence-corrected chi connectivity index (χ4v) is 4.90. The Morgan fingerprint density at radius 3 is 2.66 bits per heavy atom. The molecular formula is C28H32N8O5. The van der Waals surface area contributed by atoms with Crippen molar-refractivity contribution in [2.24, 2.45) is 0 Å². The normalized spacial score (nSPS) is 18.6. The summed E-state index contributed by atoms with van der Waals surface area (Å²) < 4.78 is 22.5. The maximum Gasteiger partial charge on any atom is 0.266 e. The monoisotopic (exact) mass is 560 g/mol. The van der Waals surface area contributed by atoms with E-state index in [9.17, 15) is 5.11 Å². The Labute approximate surface area is 236 Å². The van der Waals surface area contributed by atoms with Crippen LogP contribution in [0.2, 0.25) is 0 Å². The van der Waals surface area contributed by atoms with E-state index >= 15 is 0 Å². The van der Waals surface area contributed by atoms with Gasteiger partial charge in [-0.25, -0.2) is 9.97 Å². The molecule has 0 bridgehead atoms. The lowest BCUT2D eigenvalue weighted by atomic mass is 10.0. The summed E-state index contributed by atoms with van der Waals surface area (Å²) in [6.45, 7) is 6.27. The molecule has 1 unspecified atom stereocenters. The van der Waals surface area contributed by atoms with Gasteiger partial charge in [0.2, 0.25) is 5.95 Å². The minimum atomic E-state index is -0.620. The largest absolute Gasteiger partial charge is 0.394 e. The summed E-state index contributed by atoms with van der Waals surface area (Å²) in [5, 5.41) is 20.9. The van der Waals surface area contributed by atoms with Crippen molar-refractivity contribution in [2.75, 3.05) is 55.6 Å². The minimum absolute atomic E-state index is 0.165. The summed E-state index contributed by atoms with van der Waals surface area (Å²) in [6.07, 6.45) is 1.13. The molecule has 41 heavy (non-hydrogen) atoms. The van der Waals surface area contributed by atoms with Crippen LogP contribution in [-0.4, -0.2) is 70.2 Å². The first kappa shape index (κ1) is 27.0. The summed E-state index contributed by atoms with van der Waals surface area (Å²) in [4.78, 5) is 20.6. The number of anilines is 4. The lowest BCUT2D eigenvalue weighted by Crippen LogP contribution is -2.36. The number of pyridine rings is 1. The molecule has 6 rings (SSSR count). The van der Waals surface area contributed by atoms with Crippen LogP contribution in [0.25, 0.3) is 11.5 Å². The molecule has 5 heterocycles. The number of hydrogen-bond donors (Lipinski definition) is 3. The van der Waals surface area contributed by atoms with Gasteiger partial charge in [-0.15, -0.1) is 0 Å². The molecular weight excluding hydrogens is 528 g/mol. The average molecular weight is 561 g/mol. The van der Waals surface area contributed by atoms with Crippen LogP contribution in [0.5, 0.6) is 0 Å². The van der Waals surface area contributed by atoms with Crippen molar-refractivity contribution in [2.45, 2.75) is 31.8 Å². The maximum absolute atomic E-state index is 10.2. The lowest BCUT2D eigenvalue weighted by Gasteiger charge is -2.24. The molecule has 3 aromatic heterocycles. The van der Waals surface area contributed by atoms with E-state index < -0.39 is 17.9 Å². The van der Waals surface area contributed by atoms with Gasteiger partial charge in [0.25, 0.3) is 11.8 Å². The molecule has 2 atom stereocenters. The Balaban J connectivity index is 1.33. The standard InChI is InChI=1S/C28H32N8O5/c1-28(2)22-18(25(38-3)40-28)9-10-21(31-22)32-26-29-15-19(24-34-27(35-41-24)36-11-13-39-14-12-36)23(33-26)30-20(16-37)17-7-5-4-6-8-17/h4-10,15,20,25,37H,11-14,16H2,1-3H3,(H2,29,30,31,32,33)/t20-,25?/m1/s1. The first-order valence-electron chi connectivity index (χ1n) is 13.4. The molecule has 1 aromatic carbocycles. The Bertz CT molecular complexity index is 1490. The van der Waals surface area contributed by atoms with Crippen LogP contribution in [0, 0.1) is 0 Å². The van der Waals surface area contributed by atoms with Crippen molar-refractivity contribution in [3.05, 3.63) is 65.5 Å². The highest BCUT2D eigenvalue weighted by atomic mass is 16.7. The number of fused-ring (bicyclic) bond motifs is 1. The molecule has 214 valence electrons. The first-order chi connectivity index (χ1) is 19.9. The van der Waals surface area contributed by atoms with Gasteiger partial charge in [-0.2, -0.15) is 9.97 Å². The van der Waals surface area contributed by atoms with Crippen LogP contribution in [0.4, 0.5) is 23.5 Å². The topological polar surface area (TPSA) is 153 Å². The maximum atomic E-state index is 10.2. The van der Waals surface area contributed by atoms with Gasteiger partial charge in [0.15, 0.2) is 6.29 Å². The second-order valence-corrected chi connectivity index (χ2v) is 10.2. The number of hydrogen-bond acceptors (Lipinski definition) is 13. The minimum Gasteiger partial charge on any atom is -0.394 e. The van der Waals surface area contributed by atoms with Gasteiger partial charge >= 0.3 is 0 Å². The number of aliphatic hydroxyl groups is 1. The molecule has 3 N–H and O–H groups in total. The van der Waals surface area contributed by atoms with Crippen LogP contribution >= 0.6 is 0 Å². The zero-order valence-corrected chi connectivity index (χ0v) is 23.1. The van der Waals surface area contributed by atoms with Crippen LogP contribution in [-0.2, 0) is 19.8 Å². The van der Waals surface area contributed by atoms with Gasteiger partial charge in [-0.05, 0) is 36.7 Å². The molecule has 13 nitrogen and oxygen atoms in total. The Morgan fingerprint density at radius 1 is 1.10 bits per heavy atom. The quantitative estimate of drug-likeness (QED) is 0.274. The SMILES string of the molecule is COC1OC(C)(C)c2nc(Nc3ncc(-c4nc(N5CCOCC5)no4)c(N[C@H](CO)c4ccccc4)n3)ccc21. The van der Waals surface area contributed by atoms with Crippen LogP contribution in [0.15, 0.2) is 53.2 Å². The van der Waals surface area contributed by atoms with Gasteiger partial charge in [-0.1, -0.05) is 30.3 Å². The number of nitrogens with one attached hydrogen (secondary N) is 2. The third kappa shape index (κ3) is 5.57. The Morgan fingerprint density at radius 2 is 1.90 bits per heavy atom. The summed E-state index contributed by atoms with van der Waals surface area (Å²) in [7, 11) is 1.61. The van der Waals surface area contributed by atoms with Crippen molar-refractivity contribution < 1.29 is 23.8 Å². The molecule has 0 saturated carbocycles. The summed E-state index contributed by atoms with van der Waals surface area (Å²) >= 11 is 0. The van der Waals surface area contributed by atoms with E-state index in [-0.39, 0.29) is 12.5 Å². The third-order valence-corrected chi connectivity index (χ3v) is 7.03. The molecule has 13 heteroatoms. The number of rotatable bonds is 9. The van der Waals surface area contributed by atoms with Crippen LogP contribution in [0.1, 0.15) is 43.0 Å². The second kappa shape index (κ2) is 11.4. The van der Waals surface area contributed by atoms with E-state index in [0.29, 0.717) is 55.4 Å². The number of benzene rings is 1. The van der Waals surface area contributed by atoms with Crippen molar-refractivity contribution in [1.29, 1.82) is 0 Å². The zero-order valence-electron chi connectivity index (χ0n) is 23.1. The highest BCUT2D eigenvalue weighted by Crippen LogP contribution is 2.43. The predicted octanol–water partition coefficient (Wildman–Crippen LogP) is 3.56. The van der Waals surface area contributed by atoms with Crippen molar-refractivity contribution in [3.63, 3.8) is 0 Å². The molecule has 2 aliphatic rings. The van der Waals surface area contributed by atoms with Crippen LogP contribution < -0.4 is 15.5 Å². The molecule has 4 aromatic rings. The third-order valence-electron chi connectivity index (χ3n) is 7.03. The highest BCUT2D eigenvalue weighted by Gasteiger charge is 2.39. The number of morpholine rings is 1. The molecule has 1 saturated heterocycles. The van der Waals surface area contributed by atoms with E-state index in [1.54, 1.807) is 13.3 Å². The van der Waals surface area contributed by atoms with Gasteiger partial charge in [0, 0.05) is 32.0 Å². The Hall–Kier alpha value is -4.17. The molecule has 0 amide bonds. The first-order valence-corrected chi connectivity index (χ1v) is 13.4. The van der Waals surface area contributed by atoms with Crippen molar-refractivity contribution in [1.82, 2.24) is 25.1 Å². The van der Waals surface area contributed by atoms with Gasteiger partial charge in [0.1, 0.15) is 22.8 Å². The fraction of sp³-hybridized carbons (Fsp3) is 0.393. The molecule has 0 radical (unpaired) electrons. The fourth-order valence-electron chi connectivity index (χ4n) is 4.90. The van der Waals surface area contributed by atoms with Gasteiger partial charge in [-0.3, -0.25) is 0 Å².